The van der Waals surface area contributed by atoms with Gasteiger partial charge in [0.15, 0.2) is 9.92 Å². The standard InChI is InChI=1S/C40H57ClN4O7S/c1-7-36(50-6)34-20-13-28(34)25-45-22-10-9-11-27-23-30(41)14-12-29(27)26-51-37-21-19-33(24-35(37)45)53(48,43-38(46)40(3,4)52-8-2)44-39(47)42-31-15-17-32(49-5)18-16-31/h7,12,14,19,21,23-24,28,31-32,34,36H,1,8-11,13,15-18,20,22,25-26H2,2-6H3,(H2,42,43,44,46,47,48)/t28-,31-,32-,34+,36-,53?/m0/s1. The third kappa shape index (κ3) is 10.3. The number of carbonyl (C=O) groups is 2. The van der Waals surface area contributed by atoms with Crippen LogP contribution in [0.1, 0.15) is 83.3 Å². The number of amides is 3. The predicted octanol–water partition coefficient (Wildman–Crippen LogP) is 7.63. The molecule has 2 aromatic rings. The summed E-state index contributed by atoms with van der Waals surface area (Å²) in [6, 6.07) is 10.3. The molecule has 5 rings (SSSR count). The van der Waals surface area contributed by atoms with Gasteiger partial charge in [-0.25, -0.2) is 13.7 Å². The Morgan fingerprint density at radius 1 is 1.09 bits per heavy atom. The molecule has 2 saturated carbocycles. The number of hydrogen-bond donors (Lipinski definition) is 2. The summed E-state index contributed by atoms with van der Waals surface area (Å²) in [5.74, 6) is 0.505. The van der Waals surface area contributed by atoms with Gasteiger partial charge in [-0.05, 0) is 132 Å². The van der Waals surface area contributed by atoms with E-state index < -0.39 is 27.5 Å². The number of ether oxygens (including phenoxy) is 4. The lowest BCUT2D eigenvalue weighted by atomic mass is 9.70. The van der Waals surface area contributed by atoms with Crippen LogP contribution in [0.2, 0.25) is 5.02 Å². The van der Waals surface area contributed by atoms with Crippen molar-refractivity contribution < 1.29 is 32.7 Å². The lowest BCUT2D eigenvalue weighted by molar-refractivity contribution is -0.138. The zero-order valence-corrected chi connectivity index (χ0v) is 33.4. The number of hydrogen-bond acceptors (Lipinski definition) is 8. The topological polar surface area (TPSA) is 128 Å². The maximum absolute atomic E-state index is 15.1. The summed E-state index contributed by atoms with van der Waals surface area (Å²) in [5, 5.41) is 3.66. The first-order chi connectivity index (χ1) is 25.4. The average Bonchev–Trinajstić information content (AvgIpc) is 3.15. The van der Waals surface area contributed by atoms with Crippen molar-refractivity contribution >= 4 is 39.1 Å². The van der Waals surface area contributed by atoms with Crippen molar-refractivity contribution in [3.05, 3.63) is 65.2 Å². The Bertz CT molecular complexity index is 1720. The highest BCUT2D eigenvalue weighted by Gasteiger charge is 2.38. The SMILES string of the molecule is C=C[C@H](OC)[C@@H]1CC[C@H]1CN1CCCCc2cc(Cl)ccc2COc2ccc(S(=O)(=NC(=O)C(C)(C)OCC)NC(=O)N[C@H]3CC[C@H](OC)CC3)cc21. The Kier molecular flexibility index (Phi) is 14.3. The fourth-order valence-corrected chi connectivity index (χ4v) is 9.39. The van der Waals surface area contributed by atoms with Crippen LogP contribution in [-0.2, 0) is 41.9 Å². The van der Waals surface area contributed by atoms with Crippen LogP contribution in [0.25, 0.3) is 0 Å². The predicted molar refractivity (Wildman–Crippen MR) is 209 cm³/mol. The Hall–Kier alpha value is -3.16. The molecular formula is C40H57ClN4O7S. The average molecular weight is 773 g/mol. The normalized spacial score (nSPS) is 23.7. The monoisotopic (exact) mass is 772 g/mol. The fourth-order valence-electron chi connectivity index (χ4n) is 7.64. The number of anilines is 1. The highest BCUT2D eigenvalue weighted by atomic mass is 35.5. The van der Waals surface area contributed by atoms with Crippen molar-refractivity contribution in [1.29, 1.82) is 0 Å². The largest absolute Gasteiger partial charge is 0.487 e. The first kappa shape index (κ1) is 41.0. The Morgan fingerprint density at radius 3 is 2.53 bits per heavy atom. The van der Waals surface area contributed by atoms with Crippen LogP contribution in [0.4, 0.5) is 10.5 Å². The van der Waals surface area contributed by atoms with Crippen molar-refractivity contribution in [3.8, 4) is 5.75 Å². The van der Waals surface area contributed by atoms with Gasteiger partial charge in [0.1, 0.15) is 18.0 Å². The summed E-state index contributed by atoms with van der Waals surface area (Å²) >= 11 is 6.39. The van der Waals surface area contributed by atoms with Gasteiger partial charge in [0.05, 0.1) is 22.8 Å². The van der Waals surface area contributed by atoms with E-state index >= 15 is 4.21 Å². The molecule has 0 radical (unpaired) electrons. The summed E-state index contributed by atoms with van der Waals surface area (Å²) in [6.45, 7) is 10.9. The van der Waals surface area contributed by atoms with Gasteiger partial charge in [0, 0.05) is 45.0 Å². The van der Waals surface area contributed by atoms with E-state index in [2.05, 4.69) is 25.9 Å². The number of nitrogens with one attached hydrogen (secondary N) is 2. The van der Waals surface area contributed by atoms with E-state index in [4.69, 9.17) is 30.5 Å². The zero-order chi connectivity index (χ0) is 38.2. The van der Waals surface area contributed by atoms with Crippen molar-refractivity contribution in [1.82, 2.24) is 10.0 Å². The number of urea groups is 1. The van der Waals surface area contributed by atoms with E-state index in [1.54, 1.807) is 53.2 Å². The zero-order valence-electron chi connectivity index (χ0n) is 31.9. The molecule has 0 spiro atoms. The van der Waals surface area contributed by atoms with Crippen molar-refractivity contribution in [2.24, 2.45) is 16.2 Å². The van der Waals surface area contributed by atoms with Crippen LogP contribution in [-0.4, -0.2) is 73.9 Å². The molecule has 2 aromatic carbocycles. The lowest BCUT2D eigenvalue weighted by Crippen LogP contribution is -2.46. The van der Waals surface area contributed by atoms with Crippen molar-refractivity contribution in [2.45, 2.75) is 114 Å². The first-order valence-electron chi connectivity index (χ1n) is 18.9. The number of nitrogens with zero attached hydrogens (tertiary/aromatic N) is 2. The third-order valence-corrected chi connectivity index (χ3v) is 12.9. The van der Waals surface area contributed by atoms with E-state index in [1.807, 2.05) is 24.3 Å². The summed E-state index contributed by atoms with van der Waals surface area (Å²) in [5.41, 5.74) is 1.56. The summed E-state index contributed by atoms with van der Waals surface area (Å²) in [4.78, 5) is 29.7. The Labute approximate surface area is 320 Å². The number of methoxy groups -OCH3 is 2. The summed E-state index contributed by atoms with van der Waals surface area (Å²) < 4.78 is 45.5. The molecule has 13 heteroatoms. The molecule has 11 nitrogen and oxygen atoms in total. The van der Waals surface area contributed by atoms with Crippen LogP contribution in [0.15, 0.2) is 58.3 Å². The van der Waals surface area contributed by atoms with Gasteiger partial charge in [-0.15, -0.1) is 10.9 Å². The maximum atomic E-state index is 15.1. The van der Waals surface area contributed by atoms with Gasteiger partial charge < -0.3 is 29.2 Å². The summed E-state index contributed by atoms with van der Waals surface area (Å²) in [7, 11) is -0.450. The number of rotatable bonds is 12. The van der Waals surface area contributed by atoms with Crippen LogP contribution < -0.4 is 19.7 Å². The smallest absolute Gasteiger partial charge is 0.327 e. The lowest BCUT2D eigenvalue weighted by Gasteiger charge is -2.43. The van der Waals surface area contributed by atoms with Gasteiger partial charge in [-0.3, -0.25) is 4.79 Å². The number of benzene rings is 2. The van der Waals surface area contributed by atoms with Crippen LogP contribution in [0.3, 0.4) is 0 Å². The molecule has 53 heavy (non-hydrogen) atoms. The summed E-state index contributed by atoms with van der Waals surface area (Å²) in [6.07, 6.45) is 9.78. The van der Waals surface area contributed by atoms with Crippen molar-refractivity contribution in [3.63, 3.8) is 0 Å². The van der Waals surface area contributed by atoms with E-state index in [0.717, 1.165) is 74.6 Å². The molecule has 1 unspecified atom stereocenters. The number of carbonyl (C=O) groups excluding carboxylic acids is 2. The number of fused-ring (bicyclic) bond motifs is 2. The van der Waals surface area contributed by atoms with Gasteiger partial charge in [0.2, 0.25) is 0 Å². The fraction of sp³-hybridized carbons (Fsp3) is 0.600. The number of halogens is 1. The minimum Gasteiger partial charge on any atom is -0.487 e. The molecule has 2 N–H and O–H groups in total. The second-order valence-corrected chi connectivity index (χ2v) is 17.2. The molecule has 0 saturated heterocycles. The molecular weight excluding hydrogens is 716 g/mol. The molecule has 2 fully saturated rings. The third-order valence-electron chi connectivity index (χ3n) is 10.9. The Balaban J connectivity index is 1.55. The molecule has 1 aliphatic heterocycles. The molecule has 0 aromatic heterocycles. The number of aryl methyl sites for hydroxylation is 1. The highest BCUT2D eigenvalue weighted by molar-refractivity contribution is 7.92. The molecule has 2 aliphatic carbocycles. The van der Waals surface area contributed by atoms with Crippen LogP contribution in [0.5, 0.6) is 5.75 Å². The maximum Gasteiger partial charge on any atom is 0.327 e. The highest BCUT2D eigenvalue weighted by Crippen LogP contribution is 2.42. The van der Waals surface area contributed by atoms with E-state index in [-0.39, 0.29) is 29.8 Å². The molecule has 0 bridgehead atoms. The first-order valence-corrected chi connectivity index (χ1v) is 20.8. The quantitative estimate of drug-likeness (QED) is 0.211. The molecule has 3 aliphatic rings. The molecule has 1 heterocycles. The van der Waals surface area contributed by atoms with Crippen LogP contribution >= 0.6 is 11.6 Å². The van der Waals surface area contributed by atoms with Gasteiger partial charge in [-0.2, -0.15) is 0 Å². The van der Waals surface area contributed by atoms with Crippen molar-refractivity contribution in [2.75, 3.05) is 38.8 Å². The molecule has 3 amide bonds. The second-order valence-electron chi connectivity index (χ2n) is 14.8. The van der Waals surface area contributed by atoms with Crippen LogP contribution in [0, 0.1) is 11.8 Å². The van der Waals surface area contributed by atoms with Gasteiger partial charge >= 0.3 is 6.03 Å². The minimum absolute atomic E-state index is 0.0523. The Morgan fingerprint density at radius 2 is 1.87 bits per heavy atom. The molecule has 4 atom stereocenters. The van der Waals surface area contributed by atoms with E-state index in [1.165, 1.54) is 0 Å². The molecule has 292 valence electrons. The van der Waals surface area contributed by atoms with Gasteiger partial charge in [-0.1, -0.05) is 23.7 Å². The van der Waals surface area contributed by atoms with E-state index in [0.29, 0.717) is 42.3 Å². The van der Waals surface area contributed by atoms with Gasteiger partial charge in [0.25, 0.3) is 5.91 Å². The van der Waals surface area contributed by atoms with E-state index in [9.17, 15) is 9.59 Å². The minimum atomic E-state index is -3.86. The second kappa shape index (κ2) is 18.4.